The first-order valence-corrected chi connectivity index (χ1v) is 10.7. The van der Waals surface area contributed by atoms with Gasteiger partial charge in [-0.2, -0.15) is 0 Å². The van der Waals surface area contributed by atoms with Crippen molar-refractivity contribution in [2.75, 3.05) is 44.7 Å². The topological polar surface area (TPSA) is 61.9 Å². The van der Waals surface area contributed by atoms with Crippen LogP contribution in [0.4, 0.5) is 5.69 Å². The summed E-state index contributed by atoms with van der Waals surface area (Å²) in [5.41, 5.74) is 3.96. The lowest BCUT2D eigenvalue weighted by Crippen LogP contribution is -2.43. The monoisotopic (exact) mass is 411 g/mol. The van der Waals surface area contributed by atoms with Crippen molar-refractivity contribution in [2.45, 2.75) is 13.8 Å². The van der Waals surface area contributed by atoms with Crippen LogP contribution < -0.4 is 5.32 Å². The number of carbonyl (C=O) groups is 2. The second-order valence-corrected chi connectivity index (χ2v) is 8.31. The van der Waals surface area contributed by atoms with Gasteiger partial charge >= 0.3 is 0 Å². The number of aryl methyl sites for hydroxylation is 2. The molecule has 1 saturated heterocycles. The van der Waals surface area contributed by atoms with Crippen molar-refractivity contribution in [3.05, 3.63) is 57.4 Å². The number of thiophene rings is 1. The van der Waals surface area contributed by atoms with E-state index >= 15 is 0 Å². The molecule has 2 amide bonds. The molecular formula is C22H25N3O3S. The van der Waals surface area contributed by atoms with Gasteiger partial charge in [0.15, 0.2) is 0 Å². The van der Waals surface area contributed by atoms with Gasteiger partial charge in [-0.3, -0.25) is 19.4 Å². The molecule has 152 valence electrons. The van der Waals surface area contributed by atoms with E-state index in [1.807, 2.05) is 49.6 Å². The third-order valence-corrected chi connectivity index (χ3v) is 6.34. The van der Waals surface area contributed by atoms with Gasteiger partial charge in [-0.25, -0.2) is 0 Å². The molecule has 7 heteroatoms. The second kappa shape index (κ2) is 8.49. The number of anilines is 1. The van der Waals surface area contributed by atoms with Crippen molar-refractivity contribution in [2.24, 2.45) is 0 Å². The van der Waals surface area contributed by atoms with Crippen LogP contribution in [0, 0.1) is 13.8 Å². The number of carbonyl (C=O) groups excluding carboxylic acids is 2. The summed E-state index contributed by atoms with van der Waals surface area (Å²) in [6.45, 7) is 8.17. The quantitative estimate of drug-likeness (QED) is 0.741. The molecular weight excluding hydrogens is 386 g/mol. The Kier molecular flexibility index (Phi) is 5.80. The number of nitrogens with zero attached hydrogens (tertiary/aromatic N) is 2. The van der Waals surface area contributed by atoms with Crippen molar-refractivity contribution in [3.8, 4) is 0 Å². The molecule has 0 aliphatic carbocycles. The molecule has 0 radical (unpaired) electrons. The highest BCUT2D eigenvalue weighted by Crippen LogP contribution is 2.33. The Labute approximate surface area is 174 Å². The van der Waals surface area contributed by atoms with E-state index in [-0.39, 0.29) is 11.8 Å². The average molecular weight is 412 g/mol. The lowest BCUT2D eigenvalue weighted by molar-refractivity contribution is -0.137. The highest BCUT2D eigenvalue weighted by molar-refractivity contribution is 7.11. The van der Waals surface area contributed by atoms with Crippen LogP contribution in [0.2, 0.25) is 0 Å². The molecule has 1 aromatic heterocycles. The zero-order chi connectivity index (χ0) is 20.4. The number of hydrogen-bond donors (Lipinski definition) is 1. The summed E-state index contributed by atoms with van der Waals surface area (Å²) in [7, 11) is 0. The fraction of sp³-hybridized carbons (Fsp3) is 0.364. The SMILES string of the molecule is Cc1ccc(NC2=C(c3cccs3)C(=O)N(CCN3CCOCC3)C2=O)cc1C. The molecule has 6 nitrogen and oxygen atoms in total. The van der Waals surface area contributed by atoms with Crippen LogP contribution in [0.15, 0.2) is 41.4 Å². The molecule has 1 fully saturated rings. The molecule has 2 aliphatic heterocycles. The Morgan fingerprint density at radius 2 is 1.83 bits per heavy atom. The summed E-state index contributed by atoms with van der Waals surface area (Å²) >= 11 is 1.47. The first-order chi connectivity index (χ1) is 14.0. The molecule has 29 heavy (non-hydrogen) atoms. The summed E-state index contributed by atoms with van der Waals surface area (Å²) in [5.74, 6) is -0.484. The Balaban J connectivity index is 1.59. The summed E-state index contributed by atoms with van der Waals surface area (Å²) < 4.78 is 5.38. The van der Waals surface area contributed by atoms with E-state index in [0.717, 1.165) is 29.2 Å². The number of rotatable bonds is 6. The molecule has 3 heterocycles. The predicted octanol–water partition coefficient (Wildman–Crippen LogP) is 2.89. The van der Waals surface area contributed by atoms with Gasteiger partial charge in [-0.15, -0.1) is 11.3 Å². The van der Waals surface area contributed by atoms with Crippen LogP contribution in [0.25, 0.3) is 5.57 Å². The number of morpholine rings is 1. The minimum absolute atomic E-state index is 0.225. The zero-order valence-corrected chi connectivity index (χ0v) is 17.6. The third-order valence-electron chi connectivity index (χ3n) is 5.46. The van der Waals surface area contributed by atoms with Crippen molar-refractivity contribution in [3.63, 3.8) is 0 Å². The van der Waals surface area contributed by atoms with E-state index in [9.17, 15) is 9.59 Å². The van der Waals surface area contributed by atoms with Crippen LogP contribution >= 0.6 is 11.3 Å². The van der Waals surface area contributed by atoms with E-state index in [2.05, 4.69) is 10.2 Å². The molecule has 4 rings (SSSR count). The van der Waals surface area contributed by atoms with E-state index in [1.165, 1.54) is 21.8 Å². The third kappa shape index (κ3) is 4.12. The normalized spacial score (nSPS) is 18.1. The van der Waals surface area contributed by atoms with Crippen LogP contribution in [-0.4, -0.2) is 61.0 Å². The fourth-order valence-corrected chi connectivity index (χ4v) is 4.34. The molecule has 0 spiro atoms. The minimum Gasteiger partial charge on any atom is -0.379 e. The number of hydrogen-bond acceptors (Lipinski definition) is 6. The van der Waals surface area contributed by atoms with E-state index < -0.39 is 0 Å². The van der Waals surface area contributed by atoms with Gasteiger partial charge in [-0.1, -0.05) is 12.1 Å². The van der Waals surface area contributed by atoms with E-state index in [4.69, 9.17) is 4.74 Å². The molecule has 0 unspecified atom stereocenters. The van der Waals surface area contributed by atoms with Gasteiger partial charge in [0.05, 0.1) is 18.8 Å². The minimum atomic E-state index is -0.259. The highest BCUT2D eigenvalue weighted by atomic mass is 32.1. The smallest absolute Gasteiger partial charge is 0.278 e. The van der Waals surface area contributed by atoms with Crippen LogP contribution in [0.5, 0.6) is 0 Å². The maximum absolute atomic E-state index is 13.2. The second-order valence-electron chi connectivity index (χ2n) is 7.37. The van der Waals surface area contributed by atoms with Crippen molar-refractivity contribution in [1.82, 2.24) is 9.80 Å². The van der Waals surface area contributed by atoms with Crippen molar-refractivity contribution >= 4 is 34.4 Å². The Morgan fingerprint density at radius 3 is 2.52 bits per heavy atom. The molecule has 1 N–H and O–H groups in total. The van der Waals surface area contributed by atoms with E-state index in [0.29, 0.717) is 37.6 Å². The lowest BCUT2D eigenvalue weighted by atomic mass is 10.1. The van der Waals surface area contributed by atoms with Gasteiger partial charge in [0.2, 0.25) is 0 Å². The summed E-state index contributed by atoms with van der Waals surface area (Å²) in [5, 5.41) is 5.16. The number of amides is 2. The maximum atomic E-state index is 13.2. The van der Waals surface area contributed by atoms with Gasteiger partial charge in [-0.05, 0) is 48.6 Å². The Bertz CT molecular complexity index is 946. The fourth-order valence-electron chi connectivity index (χ4n) is 3.57. The van der Waals surface area contributed by atoms with E-state index in [1.54, 1.807) is 0 Å². The largest absolute Gasteiger partial charge is 0.379 e. The first kappa shape index (κ1) is 19.8. The summed E-state index contributed by atoms with van der Waals surface area (Å²) in [4.78, 5) is 30.8. The van der Waals surface area contributed by atoms with Crippen LogP contribution in [-0.2, 0) is 14.3 Å². The zero-order valence-electron chi connectivity index (χ0n) is 16.7. The van der Waals surface area contributed by atoms with Gasteiger partial charge in [0, 0.05) is 36.7 Å². The maximum Gasteiger partial charge on any atom is 0.278 e. The Morgan fingerprint density at radius 1 is 1.03 bits per heavy atom. The number of benzene rings is 1. The first-order valence-electron chi connectivity index (χ1n) is 9.83. The molecule has 1 aromatic carbocycles. The number of ether oxygens (including phenoxy) is 1. The molecule has 0 bridgehead atoms. The molecule has 0 atom stereocenters. The highest BCUT2D eigenvalue weighted by Gasteiger charge is 2.39. The lowest BCUT2D eigenvalue weighted by Gasteiger charge is -2.28. The number of imide groups is 1. The van der Waals surface area contributed by atoms with Crippen LogP contribution in [0.3, 0.4) is 0 Å². The van der Waals surface area contributed by atoms with Gasteiger partial charge < -0.3 is 10.1 Å². The molecule has 2 aliphatic rings. The molecule has 2 aromatic rings. The summed E-state index contributed by atoms with van der Waals surface area (Å²) in [6.07, 6.45) is 0. The molecule has 0 saturated carbocycles. The predicted molar refractivity (Wildman–Crippen MR) is 115 cm³/mol. The van der Waals surface area contributed by atoms with Gasteiger partial charge in [0.25, 0.3) is 11.8 Å². The summed E-state index contributed by atoms with van der Waals surface area (Å²) in [6, 6.07) is 9.74. The van der Waals surface area contributed by atoms with Crippen LogP contribution in [0.1, 0.15) is 16.0 Å². The average Bonchev–Trinajstić information content (AvgIpc) is 3.32. The standard InChI is InChI=1S/C22H25N3O3S/c1-15-5-6-17(14-16(15)2)23-20-19(18-4-3-13-29-18)21(26)25(22(20)27)8-7-24-9-11-28-12-10-24/h3-6,13-14,23H,7-12H2,1-2H3. The van der Waals surface area contributed by atoms with Gasteiger partial charge in [0.1, 0.15) is 5.70 Å². The Hall–Kier alpha value is -2.48. The number of nitrogens with one attached hydrogen (secondary N) is 1. The van der Waals surface area contributed by atoms with Crippen molar-refractivity contribution in [1.29, 1.82) is 0 Å². The van der Waals surface area contributed by atoms with Crippen molar-refractivity contribution < 1.29 is 14.3 Å².